The molecule has 0 spiro atoms. The van der Waals surface area contributed by atoms with Crippen molar-refractivity contribution in [3.8, 4) is 0 Å². The molecule has 1 unspecified atom stereocenters. The van der Waals surface area contributed by atoms with Crippen LogP contribution in [-0.2, 0) is 6.42 Å². The Morgan fingerprint density at radius 1 is 1.44 bits per heavy atom. The SMILES string of the molecule is CC(C)Cc1cc(Cl)nc(C2CCC(F)(F)C2)n1. The van der Waals surface area contributed by atoms with Crippen LogP contribution in [0.5, 0.6) is 0 Å². The molecule has 1 aliphatic rings. The molecular weight excluding hydrogens is 258 g/mol. The fourth-order valence-corrected chi connectivity index (χ4v) is 2.57. The summed E-state index contributed by atoms with van der Waals surface area (Å²) >= 11 is 5.94. The van der Waals surface area contributed by atoms with Gasteiger partial charge >= 0.3 is 0 Å². The van der Waals surface area contributed by atoms with Crippen LogP contribution in [0.4, 0.5) is 8.78 Å². The number of halogens is 3. The molecule has 0 radical (unpaired) electrons. The van der Waals surface area contributed by atoms with E-state index in [0.29, 0.717) is 23.3 Å². The minimum absolute atomic E-state index is 0.0763. The Kier molecular flexibility index (Phi) is 3.85. The monoisotopic (exact) mass is 274 g/mol. The molecule has 18 heavy (non-hydrogen) atoms. The van der Waals surface area contributed by atoms with Crippen molar-refractivity contribution >= 4 is 11.6 Å². The van der Waals surface area contributed by atoms with Crippen LogP contribution in [0.2, 0.25) is 5.15 Å². The summed E-state index contributed by atoms with van der Waals surface area (Å²) in [5.74, 6) is -1.90. The van der Waals surface area contributed by atoms with Crippen molar-refractivity contribution in [3.63, 3.8) is 0 Å². The third-order valence-corrected chi connectivity index (χ3v) is 3.34. The molecule has 0 saturated heterocycles. The lowest BCUT2D eigenvalue weighted by Crippen LogP contribution is -2.11. The first-order chi connectivity index (χ1) is 8.35. The van der Waals surface area contributed by atoms with Gasteiger partial charge in [0, 0.05) is 24.5 Å². The van der Waals surface area contributed by atoms with Crippen molar-refractivity contribution in [2.75, 3.05) is 0 Å². The second-order valence-corrected chi connectivity index (χ2v) is 5.82. The van der Waals surface area contributed by atoms with E-state index < -0.39 is 5.92 Å². The fourth-order valence-electron chi connectivity index (χ4n) is 2.36. The Hall–Kier alpha value is -0.770. The third-order valence-electron chi connectivity index (χ3n) is 3.15. The highest BCUT2D eigenvalue weighted by atomic mass is 35.5. The highest BCUT2D eigenvalue weighted by Gasteiger charge is 2.41. The summed E-state index contributed by atoms with van der Waals surface area (Å²) in [4.78, 5) is 8.50. The zero-order chi connectivity index (χ0) is 13.3. The van der Waals surface area contributed by atoms with Crippen molar-refractivity contribution < 1.29 is 8.78 Å². The number of nitrogens with zero attached hydrogens (tertiary/aromatic N) is 2. The fraction of sp³-hybridized carbons (Fsp3) is 0.692. The van der Waals surface area contributed by atoms with E-state index >= 15 is 0 Å². The maximum Gasteiger partial charge on any atom is 0.248 e. The summed E-state index contributed by atoms with van der Waals surface area (Å²) in [6, 6.07) is 1.72. The molecule has 1 saturated carbocycles. The second kappa shape index (κ2) is 5.08. The largest absolute Gasteiger partial charge is 0.248 e. The molecule has 0 amide bonds. The lowest BCUT2D eigenvalue weighted by Gasteiger charge is -2.12. The minimum atomic E-state index is -2.57. The molecule has 1 fully saturated rings. The topological polar surface area (TPSA) is 25.8 Å². The predicted octanol–water partition coefficient (Wildman–Crippen LogP) is 4.23. The molecule has 0 aromatic carbocycles. The number of rotatable bonds is 3. The van der Waals surface area contributed by atoms with Crippen LogP contribution in [-0.4, -0.2) is 15.9 Å². The Morgan fingerprint density at radius 3 is 2.72 bits per heavy atom. The molecular formula is C13H17ClF2N2. The first-order valence-corrected chi connectivity index (χ1v) is 6.65. The molecule has 0 bridgehead atoms. The highest BCUT2D eigenvalue weighted by Crippen LogP contribution is 2.43. The summed E-state index contributed by atoms with van der Waals surface area (Å²) in [5.41, 5.74) is 0.843. The van der Waals surface area contributed by atoms with Gasteiger partial charge in [-0.25, -0.2) is 18.7 Å². The van der Waals surface area contributed by atoms with E-state index in [1.54, 1.807) is 6.07 Å². The standard InChI is InChI=1S/C13H17ClF2N2/c1-8(2)5-10-6-11(14)18-12(17-10)9-3-4-13(15,16)7-9/h6,8-9H,3-5,7H2,1-2H3. The summed E-state index contributed by atoms with van der Waals surface area (Å²) in [5, 5.41) is 0.353. The van der Waals surface area contributed by atoms with E-state index in [1.165, 1.54) is 0 Å². The van der Waals surface area contributed by atoms with Gasteiger partial charge in [-0.2, -0.15) is 0 Å². The molecule has 1 aromatic rings. The molecule has 2 rings (SSSR count). The molecule has 1 aliphatic carbocycles. The quantitative estimate of drug-likeness (QED) is 0.771. The number of aromatic nitrogens is 2. The molecule has 1 aromatic heterocycles. The average molecular weight is 275 g/mol. The molecule has 0 N–H and O–H groups in total. The smallest absolute Gasteiger partial charge is 0.238 e. The Morgan fingerprint density at radius 2 is 2.17 bits per heavy atom. The lowest BCUT2D eigenvalue weighted by molar-refractivity contribution is 0.00753. The summed E-state index contributed by atoms with van der Waals surface area (Å²) in [6.07, 6.45) is 0.994. The van der Waals surface area contributed by atoms with E-state index in [2.05, 4.69) is 23.8 Å². The van der Waals surface area contributed by atoms with Gasteiger partial charge in [0.2, 0.25) is 5.92 Å². The normalized spacial score (nSPS) is 22.7. The van der Waals surface area contributed by atoms with Crippen molar-refractivity contribution in [1.29, 1.82) is 0 Å². The van der Waals surface area contributed by atoms with E-state index in [0.717, 1.165) is 12.1 Å². The van der Waals surface area contributed by atoms with E-state index in [-0.39, 0.29) is 18.8 Å². The van der Waals surface area contributed by atoms with Crippen LogP contribution in [0.1, 0.15) is 50.5 Å². The van der Waals surface area contributed by atoms with Gasteiger partial charge in [-0.15, -0.1) is 0 Å². The Balaban J connectivity index is 2.20. The molecule has 100 valence electrons. The van der Waals surface area contributed by atoms with Crippen LogP contribution in [0.25, 0.3) is 0 Å². The van der Waals surface area contributed by atoms with Gasteiger partial charge in [-0.1, -0.05) is 25.4 Å². The Labute approximate surface area is 111 Å². The lowest BCUT2D eigenvalue weighted by atomic mass is 10.1. The van der Waals surface area contributed by atoms with Gasteiger partial charge in [-0.3, -0.25) is 0 Å². The van der Waals surface area contributed by atoms with Gasteiger partial charge < -0.3 is 0 Å². The molecule has 2 nitrogen and oxygen atoms in total. The van der Waals surface area contributed by atoms with Crippen LogP contribution in [0.3, 0.4) is 0 Å². The zero-order valence-electron chi connectivity index (χ0n) is 10.6. The van der Waals surface area contributed by atoms with Crippen molar-refractivity contribution in [2.24, 2.45) is 5.92 Å². The molecule has 0 aliphatic heterocycles. The Bertz CT molecular complexity index is 435. The minimum Gasteiger partial charge on any atom is -0.238 e. The summed E-state index contributed by atoms with van der Waals surface area (Å²) < 4.78 is 26.4. The van der Waals surface area contributed by atoms with Crippen LogP contribution >= 0.6 is 11.6 Å². The first kappa shape index (κ1) is 13.7. The zero-order valence-corrected chi connectivity index (χ0v) is 11.3. The first-order valence-electron chi connectivity index (χ1n) is 6.27. The van der Waals surface area contributed by atoms with E-state index in [9.17, 15) is 8.78 Å². The highest BCUT2D eigenvalue weighted by molar-refractivity contribution is 6.29. The number of alkyl halides is 2. The van der Waals surface area contributed by atoms with Crippen LogP contribution < -0.4 is 0 Å². The maximum absolute atomic E-state index is 13.2. The molecule has 5 heteroatoms. The second-order valence-electron chi connectivity index (χ2n) is 5.43. The average Bonchev–Trinajstić information content (AvgIpc) is 2.57. The van der Waals surface area contributed by atoms with Gasteiger partial charge in [0.05, 0.1) is 0 Å². The molecule has 1 atom stereocenters. The van der Waals surface area contributed by atoms with E-state index in [4.69, 9.17) is 11.6 Å². The van der Waals surface area contributed by atoms with Crippen LogP contribution in [0, 0.1) is 5.92 Å². The van der Waals surface area contributed by atoms with Gasteiger partial charge in [0.1, 0.15) is 11.0 Å². The predicted molar refractivity (Wildman–Crippen MR) is 67.1 cm³/mol. The number of hydrogen-bond acceptors (Lipinski definition) is 2. The maximum atomic E-state index is 13.2. The van der Waals surface area contributed by atoms with Crippen molar-refractivity contribution in [3.05, 3.63) is 22.7 Å². The van der Waals surface area contributed by atoms with Crippen molar-refractivity contribution in [2.45, 2.75) is 51.4 Å². The van der Waals surface area contributed by atoms with Gasteiger partial charge in [-0.05, 0) is 24.8 Å². The van der Waals surface area contributed by atoms with Gasteiger partial charge in [0.15, 0.2) is 0 Å². The summed E-state index contributed by atoms with van der Waals surface area (Å²) in [7, 11) is 0. The van der Waals surface area contributed by atoms with Crippen molar-refractivity contribution in [1.82, 2.24) is 9.97 Å². The summed E-state index contributed by atoms with van der Waals surface area (Å²) in [6.45, 7) is 4.17. The number of hydrogen-bond donors (Lipinski definition) is 0. The van der Waals surface area contributed by atoms with Gasteiger partial charge in [0.25, 0.3) is 0 Å². The van der Waals surface area contributed by atoms with Crippen LogP contribution in [0.15, 0.2) is 6.07 Å². The van der Waals surface area contributed by atoms with E-state index in [1.807, 2.05) is 0 Å². The third kappa shape index (κ3) is 3.37. The molecule has 1 heterocycles.